The lowest BCUT2D eigenvalue weighted by atomic mass is 9.91. The third kappa shape index (κ3) is 7.39. The maximum absolute atomic E-state index is 14.8. The van der Waals surface area contributed by atoms with E-state index in [0.717, 1.165) is 35.0 Å². The predicted molar refractivity (Wildman–Crippen MR) is 198 cm³/mol. The maximum atomic E-state index is 14.8. The van der Waals surface area contributed by atoms with Crippen LogP contribution in [0.4, 0.5) is 0 Å². The Bertz CT molecular complexity index is 1960. The summed E-state index contributed by atoms with van der Waals surface area (Å²) < 4.78 is 35.0. The Morgan fingerprint density at radius 1 is 1.06 bits per heavy atom. The number of Topliss-reactive ketones (excluding diaryl/α,β-unsaturated/α-hetero) is 1. The molecule has 0 unspecified atom stereocenters. The third-order valence-corrected chi connectivity index (χ3v) is 14.4. The molecule has 3 amide bonds. The molecule has 2 saturated carbocycles. The van der Waals surface area contributed by atoms with Crippen LogP contribution in [0.5, 0.6) is 5.19 Å². The number of amides is 3. The van der Waals surface area contributed by atoms with Crippen molar-refractivity contribution in [1.29, 1.82) is 0 Å². The highest BCUT2D eigenvalue weighted by molar-refractivity contribution is 7.91. The fourth-order valence-electron chi connectivity index (χ4n) is 7.69. The number of hydrogen-bond donors (Lipinski definition) is 1. The number of ether oxygens (including phenoxy) is 1. The third-order valence-electron chi connectivity index (χ3n) is 11.3. The number of aromatic nitrogens is 1. The Labute approximate surface area is 308 Å². The van der Waals surface area contributed by atoms with Crippen molar-refractivity contribution in [2.75, 3.05) is 6.54 Å². The first-order chi connectivity index (χ1) is 24.9. The fraction of sp³-hybridized carbons (Fsp3) is 0.513. The fourth-order valence-corrected chi connectivity index (χ4v) is 9.90. The van der Waals surface area contributed by atoms with Crippen LogP contribution in [0.25, 0.3) is 10.2 Å². The molecule has 3 fully saturated rings. The molecule has 2 aliphatic heterocycles. The van der Waals surface area contributed by atoms with Gasteiger partial charge in [-0.25, -0.2) is 13.4 Å². The van der Waals surface area contributed by atoms with Gasteiger partial charge in [-0.05, 0) is 69.1 Å². The number of benzene rings is 2. The summed E-state index contributed by atoms with van der Waals surface area (Å²) in [7, 11) is -3.92. The van der Waals surface area contributed by atoms with Crippen molar-refractivity contribution in [3.05, 3.63) is 72.3 Å². The van der Waals surface area contributed by atoms with Crippen molar-refractivity contribution in [2.24, 2.45) is 11.3 Å². The van der Waals surface area contributed by atoms with Crippen molar-refractivity contribution < 1.29 is 32.3 Å². The zero-order valence-corrected chi connectivity index (χ0v) is 31.3. The highest BCUT2D eigenvalue weighted by Crippen LogP contribution is 2.57. The molecule has 5 atom stereocenters. The van der Waals surface area contributed by atoms with Gasteiger partial charge in [-0.3, -0.25) is 23.9 Å². The summed E-state index contributed by atoms with van der Waals surface area (Å²) in [5.41, 5.74) is 0.446. The van der Waals surface area contributed by atoms with Crippen LogP contribution in [-0.4, -0.2) is 76.2 Å². The van der Waals surface area contributed by atoms with E-state index in [-0.39, 0.29) is 49.4 Å². The van der Waals surface area contributed by atoms with Gasteiger partial charge in [0.15, 0.2) is 5.78 Å². The summed E-state index contributed by atoms with van der Waals surface area (Å²) in [6.07, 6.45) is 8.22. The standard InChI is InChI=1S/C39H46N4O7S2/c1-26(44)42(24-27-13-7-6-8-14-27)31-17-10-5-3-4-9-15-28-22-39(28,36(47)41-52(48,49)38(2)19-20-38)23-33(45)32-21-29(25-43(32)35(31)46)50-37-40-30-16-11-12-18-34(30)51-37/h6-9,11-16,18,28-29,31-32H,3-5,10,17,19-25H2,1-2H3,(H,41,47)/b15-9-/t28-,29-,31+,32+,39-/m1/s1. The number of carbonyl (C=O) groups excluding carboxylic acids is 4. The van der Waals surface area contributed by atoms with Crippen LogP contribution in [0.2, 0.25) is 0 Å². The summed E-state index contributed by atoms with van der Waals surface area (Å²) in [4.78, 5) is 64.3. The Morgan fingerprint density at radius 2 is 1.81 bits per heavy atom. The molecule has 52 heavy (non-hydrogen) atoms. The lowest BCUT2D eigenvalue weighted by Gasteiger charge is -2.35. The van der Waals surface area contributed by atoms with Crippen molar-refractivity contribution in [3.8, 4) is 5.19 Å². The van der Waals surface area contributed by atoms with E-state index < -0.39 is 44.3 Å². The van der Waals surface area contributed by atoms with Gasteiger partial charge in [0, 0.05) is 26.3 Å². The average Bonchev–Trinajstić information content (AvgIpc) is 3.92. The minimum atomic E-state index is -3.92. The van der Waals surface area contributed by atoms with Gasteiger partial charge >= 0.3 is 0 Å². The molecule has 276 valence electrons. The minimum absolute atomic E-state index is 0.105. The predicted octanol–water partition coefficient (Wildman–Crippen LogP) is 5.55. The molecular weight excluding hydrogens is 701 g/mol. The molecule has 3 aromatic rings. The number of carbonyl (C=O) groups is 4. The van der Waals surface area contributed by atoms with Gasteiger partial charge in [0.1, 0.15) is 12.1 Å². The first-order valence-electron chi connectivity index (χ1n) is 18.3. The number of allylic oxidation sites excluding steroid dienone is 2. The minimum Gasteiger partial charge on any atom is -0.465 e. The Morgan fingerprint density at radius 3 is 2.54 bits per heavy atom. The van der Waals surface area contributed by atoms with Crippen LogP contribution in [0.3, 0.4) is 0 Å². The van der Waals surface area contributed by atoms with Crippen LogP contribution >= 0.6 is 11.3 Å². The second-order valence-electron chi connectivity index (χ2n) is 15.1. The number of para-hydroxylation sites is 1. The van der Waals surface area contributed by atoms with Crippen molar-refractivity contribution in [1.82, 2.24) is 19.5 Å². The van der Waals surface area contributed by atoms with Crippen molar-refractivity contribution in [2.45, 2.75) is 108 Å². The van der Waals surface area contributed by atoms with Gasteiger partial charge in [0.2, 0.25) is 27.7 Å². The number of hydrogen-bond acceptors (Lipinski definition) is 9. The largest absolute Gasteiger partial charge is 0.465 e. The van der Waals surface area contributed by atoms with Crippen LogP contribution < -0.4 is 9.46 Å². The second-order valence-corrected chi connectivity index (χ2v) is 18.3. The van der Waals surface area contributed by atoms with E-state index in [0.29, 0.717) is 37.3 Å². The van der Waals surface area contributed by atoms with E-state index in [4.69, 9.17) is 4.74 Å². The lowest BCUT2D eigenvalue weighted by molar-refractivity contribution is -0.148. The van der Waals surface area contributed by atoms with Crippen LogP contribution in [0.1, 0.15) is 83.6 Å². The van der Waals surface area contributed by atoms with Gasteiger partial charge < -0.3 is 14.5 Å². The molecule has 3 heterocycles. The second kappa shape index (κ2) is 14.4. The van der Waals surface area contributed by atoms with Gasteiger partial charge in [0.05, 0.1) is 33.0 Å². The quantitative estimate of drug-likeness (QED) is 0.296. The molecular formula is C39H46N4O7S2. The van der Waals surface area contributed by atoms with Crippen molar-refractivity contribution in [3.63, 3.8) is 0 Å². The summed E-state index contributed by atoms with van der Waals surface area (Å²) in [5.74, 6) is -1.85. The van der Waals surface area contributed by atoms with E-state index in [9.17, 15) is 27.6 Å². The maximum Gasteiger partial charge on any atom is 0.274 e. The molecule has 0 spiro atoms. The van der Waals surface area contributed by atoms with Crippen LogP contribution in [-0.2, 0) is 35.7 Å². The molecule has 7 rings (SSSR count). The highest BCUT2D eigenvalue weighted by atomic mass is 32.2. The molecule has 2 aromatic carbocycles. The first-order valence-corrected chi connectivity index (χ1v) is 20.6. The number of fused-ring (bicyclic) bond motifs is 3. The molecule has 13 heteroatoms. The molecule has 4 aliphatic rings. The number of rotatable bonds is 8. The SMILES string of the molecule is CC(=O)N(Cc1ccccc1)[C@H]1CCCCC/C=C\[C@@H]2C[C@@]2(C(=O)NS(=O)(=O)C2(C)CC2)CC(=O)[C@@H]2C[C@@H](Oc3nc4ccccc4s3)CN2C1=O. The van der Waals surface area contributed by atoms with Gasteiger partial charge in [-0.2, -0.15) is 0 Å². The van der Waals surface area contributed by atoms with E-state index >= 15 is 0 Å². The van der Waals surface area contributed by atoms with E-state index in [1.165, 1.54) is 18.3 Å². The molecule has 1 N–H and O–H groups in total. The number of thiazole rings is 1. The number of sulfonamides is 1. The normalized spacial score (nSPS) is 28.2. The molecule has 0 radical (unpaired) electrons. The smallest absolute Gasteiger partial charge is 0.274 e. The molecule has 1 aromatic heterocycles. The molecule has 2 aliphatic carbocycles. The average molecular weight is 747 g/mol. The van der Waals surface area contributed by atoms with E-state index in [2.05, 4.69) is 9.71 Å². The van der Waals surface area contributed by atoms with E-state index in [1.54, 1.807) is 16.7 Å². The summed E-state index contributed by atoms with van der Waals surface area (Å²) in [6.45, 7) is 3.44. The first kappa shape index (κ1) is 36.3. The Hall–Kier alpha value is -4.10. The summed E-state index contributed by atoms with van der Waals surface area (Å²) in [6, 6.07) is 15.5. The highest BCUT2D eigenvalue weighted by Gasteiger charge is 2.62. The number of nitrogens with one attached hydrogen (secondary N) is 1. The summed E-state index contributed by atoms with van der Waals surface area (Å²) in [5, 5.41) is 0.432. The van der Waals surface area contributed by atoms with Gasteiger partial charge in [-0.15, -0.1) is 0 Å². The zero-order chi connectivity index (χ0) is 36.7. The van der Waals surface area contributed by atoms with Crippen LogP contribution in [0.15, 0.2) is 66.7 Å². The van der Waals surface area contributed by atoms with E-state index in [1.807, 2.05) is 66.7 Å². The lowest BCUT2D eigenvalue weighted by Crippen LogP contribution is -2.53. The van der Waals surface area contributed by atoms with Crippen molar-refractivity contribution >= 4 is 55.1 Å². The zero-order valence-electron chi connectivity index (χ0n) is 29.7. The molecule has 0 bridgehead atoms. The van der Waals surface area contributed by atoms with Crippen LogP contribution in [0, 0.1) is 11.3 Å². The van der Waals surface area contributed by atoms with Gasteiger partial charge in [0.25, 0.3) is 5.19 Å². The topological polar surface area (TPSA) is 143 Å². The monoisotopic (exact) mass is 746 g/mol. The number of ketones is 1. The molecule has 1 saturated heterocycles. The Balaban J connectivity index is 1.21. The molecule has 11 nitrogen and oxygen atoms in total. The summed E-state index contributed by atoms with van der Waals surface area (Å²) >= 11 is 1.39. The number of nitrogens with zero attached hydrogens (tertiary/aromatic N) is 3. The Kier molecular flexibility index (Phi) is 10.0. The van der Waals surface area contributed by atoms with Gasteiger partial charge in [-0.1, -0.05) is 78.8 Å².